The zero-order chi connectivity index (χ0) is 14.5. The predicted octanol–water partition coefficient (Wildman–Crippen LogP) is 4.02. The van der Waals surface area contributed by atoms with Crippen molar-refractivity contribution >= 4 is 17.3 Å². The van der Waals surface area contributed by atoms with Gasteiger partial charge in [0.2, 0.25) is 0 Å². The van der Waals surface area contributed by atoms with Gasteiger partial charge in [-0.25, -0.2) is 0 Å². The van der Waals surface area contributed by atoms with Crippen molar-refractivity contribution in [2.24, 2.45) is 0 Å². The molecule has 20 heavy (non-hydrogen) atoms. The van der Waals surface area contributed by atoms with Crippen molar-refractivity contribution in [1.29, 1.82) is 0 Å². The number of nitrogens with one attached hydrogen (secondary N) is 1. The summed E-state index contributed by atoms with van der Waals surface area (Å²) in [6.07, 6.45) is 3.33. The van der Waals surface area contributed by atoms with E-state index in [2.05, 4.69) is 37.2 Å². The number of hydrogen-bond acceptors (Lipinski definition) is 3. The van der Waals surface area contributed by atoms with Crippen LogP contribution in [0.2, 0.25) is 5.02 Å². The molecule has 2 atom stereocenters. The zero-order valence-corrected chi connectivity index (χ0v) is 13.4. The molecule has 3 nitrogen and oxygen atoms in total. The molecule has 1 aliphatic rings. The molecule has 1 heterocycles. The number of piperidine rings is 1. The third-order valence-electron chi connectivity index (χ3n) is 3.97. The average molecular weight is 297 g/mol. The maximum atomic E-state index is 6.26. The Bertz CT molecular complexity index is 438. The molecule has 0 aliphatic carbocycles. The first-order valence-electron chi connectivity index (χ1n) is 7.49. The molecule has 4 heteroatoms. The van der Waals surface area contributed by atoms with Crippen LogP contribution >= 0.6 is 11.6 Å². The Morgan fingerprint density at radius 1 is 1.45 bits per heavy atom. The van der Waals surface area contributed by atoms with E-state index in [9.17, 15) is 0 Å². The molecule has 1 saturated heterocycles. The van der Waals surface area contributed by atoms with Crippen LogP contribution < -0.4 is 10.1 Å². The van der Waals surface area contributed by atoms with E-state index in [-0.39, 0.29) is 0 Å². The third-order valence-corrected chi connectivity index (χ3v) is 4.27. The molecular weight excluding hydrogens is 272 g/mol. The van der Waals surface area contributed by atoms with Crippen molar-refractivity contribution in [3.05, 3.63) is 23.2 Å². The lowest BCUT2D eigenvalue weighted by Crippen LogP contribution is -2.42. The lowest BCUT2D eigenvalue weighted by Gasteiger charge is -2.35. The fraction of sp³-hybridized carbons (Fsp3) is 0.625. The van der Waals surface area contributed by atoms with Gasteiger partial charge in [-0.15, -0.1) is 0 Å². The smallest absolute Gasteiger partial charge is 0.138 e. The summed E-state index contributed by atoms with van der Waals surface area (Å²) in [5.41, 5.74) is 1.08. The fourth-order valence-electron chi connectivity index (χ4n) is 2.58. The van der Waals surface area contributed by atoms with Gasteiger partial charge in [0.15, 0.2) is 0 Å². The van der Waals surface area contributed by atoms with Crippen LogP contribution in [0.15, 0.2) is 18.2 Å². The largest absolute Gasteiger partial charge is 0.492 e. The second-order valence-corrected chi connectivity index (χ2v) is 6.10. The van der Waals surface area contributed by atoms with E-state index in [1.165, 1.54) is 12.8 Å². The van der Waals surface area contributed by atoms with Crippen molar-refractivity contribution in [1.82, 2.24) is 4.90 Å². The first-order valence-corrected chi connectivity index (χ1v) is 7.87. The fourth-order valence-corrected chi connectivity index (χ4v) is 2.81. The van der Waals surface area contributed by atoms with Crippen LogP contribution in [0.1, 0.15) is 33.1 Å². The van der Waals surface area contributed by atoms with E-state index in [1.807, 2.05) is 12.1 Å². The normalized spacial score (nSPS) is 23.6. The Balaban J connectivity index is 1.95. The van der Waals surface area contributed by atoms with Gasteiger partial charge in [0.05, 0.1) is 11.6 Å². The quantitative estimate of drug-likeness (QED) is 0.888. The van der Waals surface area contributed by atoms with Crippen LogP contribution in [0, 0.1) is 0 Å². The van der Waals surface area contributed by atoms with E-state index in [0.29, 0.717) is 23.7 Å². The maximum absolute atomic E-state index is 6.26. The molecular formula is C16H25ClN2O. The van der Waals surface area contributed by atoms with E-state index in [4.69, 9.17) is 16.3 Å². The molecule has 0 bridgehead atoms. The van der Waals surface area contributed by atoms with Crippen molar-refractivity contribution in [3.8, 4) is 5.75 Å². The Morgan fingerprint density at radius 2 is 2.25 bits per heavy atom. The summed E-state index contributed by atoms with van der Waals surface area (Å²) in [7, 11) is 2.19. The maximum Gasteiger partial charge on any atom is 0.138 e. The minimum absolute atomic E-state index is 0.527. The Kier molecular flexibility index (Phi) is 5.55. The summed E-state index contributed by atoms with van der Waals surface area (Å²) in [4.78, 5) is 2.41. The molecule has 0 aromatic heterocycles. The highest BCUT2D eigenvalue weighted by Crippen LogP contribution is 2.29. The standard InChI is InChI=1S/C16H25ClN2O/c1-4-9-20-16-6-5-13(11-15(16)17)18-14-7-8-19(3)12(2)10-14/h5-6,11-12,14,18H,4,7-10H2,1-3H3. The average Bonchev–Trinajstić information content (AvgIpc) is 2.42. The van der Waals surface area contributed by atoms with Gasteiger partial charge in [0, 0.05) is 24.3 Å². The Hall–Kier alpha value is -0.930. The van der Waals surface area contributed by atoms with Crippen LogP contribution in [0.25, 0.3) is 0 Å². The summed E-state index contributed by atoms with van der Waals surface area (Å²) in [5, 5.41) is 4.27. The molecule has 2 unspecified atom stereocenters. The molecule has 1 aromatic carbocycles. The zero-order valence-electron chi connectivity index (χ0n) is 12.7. The summed E-state index contributed by atoms with van der Waals surface area (Å²) in [6, 6.07) is 7.14. The molecule has 1 N–H and O–H groups in total. The highest BCUT2D eigenvalue weighted by atomic mass is 35.5. The van der Waals surface area contributed by atoms with Crippen LogP contribution in [-0.2, 0) is 0 Å². The lowest BCUT2D eigenvalue weighted by atomic mass is 9.99. The van der Waals surface area contributed by atoms with Gasteiger partial charge in [0.1, 0.15) is 5.75 Å². The number of rotatable bonds is 5. The van der Waals surface area contributed by atoms with E-state index < -0.39 is 0 Å². The Morgan fingerprint density at radius 3 is 2.90 bits per heavy atom. The second kappa shape index (κ2) is 7.19. The number of benzene rings is 1. The van der Waals surface area contributed by atoms with Gasteiger partial charge in [-0.3, -0.25) is 0 Å². The van der Waals surface area contributed by atoms with Crippen LogP contribution in [0.3, 0.4) is 0 Å². The number of ether oxygens (including phenoxy) is 1. The van der Waals surface area contributed by atoms with E-state index >= 15 is 0 Å². The number of halogens is 1. The van der Waals surface area contributed by atoms with Crippen molar-refractivity contribution < 1.29 is 4.74 Å². The number of anilines is 1. The van der Waals surface area contributed by atoms with Crippen LogP contribution in [0.4, 0.5) is 5.69 Å². The van der Waals surface area contributed by atoms with Gasteiger partial charge in [-0.2, -0.15) is 0 Å². The third kappa shape index (κ3) is 4.03. The summed E-state index contributed by atoms with van der Waals surface area (Å²) in [5.74, 6) is 0.774. The van der Waals surface area contributed by atoms with Crippen molar-refractivity contribution in [2.45, 2.75) is 45.2 Å². The van der Waals surface area contributed by atoms with E-state index in [1.54, 1.807) is 0 Å². The molecule has 0 radical (unpaired) electrons. The predicted molar refractivity (Wildman–Crippen MR) is 86.0 cm³/mol. The van der Waals surface area contributed by atoms with Crippen LogP contribution in [0.5, 0.6) is 5.75 Å². The highest BCUT2D eigenvalue weighted by molar-refractivity contribution is 6.32. The number of hydrogen-bond donors (Lipinski definition) is 1. The second-order valence-electron chi connectivity index (χ2n) is 5.69. The summed E-state index contributed by atoms with van der Waals surface area (Å²) < 4.78 is 5.60. The molecule has 0 spiro atoms. The molecule has 112 valence electrons. The molecule has 1 fully saturated rings. The van der Waals surface area contributed by atoms with Gasteiger partial charge in [-0.05, 0) is 51.4 Å². The minimum atomic E-state index is 0.527. The first kappa shape index (κ1) is 15.5. The summed E-state index contributed by atoms with van der Waals surface area (Å²) in [6.45, 7) is 6.22. The molecule has 2 rings (SSSR count). The summed E-state index contributed by atoms with van der Waals surface area (Å²) >= 11 is 6.26. The van der Waals surface area contributed by atoms with E-state index in [0.717, 1.165) is 24.4 Å². The minimum Gasteiger partial charge on any atom is -0.492 e. The van der Waals surface area contributed by atoms with Gasteiger partial charge >= 0.3 is 0 Å². The number of nitrogens with zero attached hydrogens (tertiary/aromatic N) is 1. The lowest BCUT2D eigenvalue weighted by molar-refractivity contribution is 0.190. The molecule has 0 saturated carbocycles. The SMILES string of the molecule is CCCOc1ccc(NC2CCN(C)C(C)C2)cc1Cl. The highest BCUT2D eigenvalue weighted by Gasteiger charge is 2.22. The first-order chi connectivity index (χ1) is 9.60. The number of likely N-dealkylation sites (tertiary alicyclic amines) is 1. The van der Waals surface area contributed by atoms with Gasteiger partial charge in [-0.1, -0.05) is 18.5 Å². The van der Waals surface area contributed by atoms with Crippen molar-refractivity contribution in [2.75, 3.05) is 25.5 Å². The van der Waals surface area contributed by atoms with Crippen molar-refractivity contribution in [3.63, 3.8) is 0 Å². The van der Waals surface area contributed by atoms with Crippen LogP contribution in [-0.4, -0.2) is 37.2 Å². The molecule has 0 amide bonds. The molecule has 1 aliphatic heterocycles. The Labute approximate surface area is 127 Å². The topological polar surface area (TPSA) is 24.5 Å². The van der Waals surface area contributed by atoms with Gasteiger partial charge < -0.3 is 15.0 Å². The van der Waals surface area contributed by atoms with Gasteiger partial charge in [0.25, 0.3) is 0 Å². The monoisotopic (exact) mass is 296 g/mol. The molecule has 1 aromatic rings.